The molecule has 5 heteroatoms. The van der Waals surface area contributed by atoms with Crippen LogP contribution in [0.4, 0.5) is 4.39 Å². The summed E-state index contributed by atoms with van der Waals surface area (Å²) < 4.78 is 14.0. The van der Waals surface area contributed by atoms with E-state index in [1.54, 1.807) is 18.2 Å². The minimum Gasteiger partial charge on any atom is -0.356 e. The Morgan fingerprint density at radius 2 is 2.08 bits per heavy atom. The van der Waals surface area contributed by atoms with E-state index in [4.69, 9.17) is 0 Å². The molecule has 2 aliphatic carbocycles. The number of hydrogen-bond acceptors (Lipinski definition) is 3. The van der Waals surface area contributed by atoms with Crippen LogP contribution < -0.4 is 5.32 Å². The minimum absolute atomic E-state index is 0.0502. The zero-order valence-corrected chi connectivity index (χ0v) is 15.0. The van der Waals surface area contributed by atoms with Gasteiger partial charge in [-0.25, -0.2) is 4.39 Å². The van der Waals surface area contributed by atoms with Gasteiger partial charge in [-0.05, 0) is 55.9 Å². The molecule has 0 saturated heterocycles. The van der Waals surface area contributed by atoms with Gasteiger partial charge in [-0.2, -0.15) is 10.2 Å². The molecule has 0 radical (unpaired) electrons. The fourth-order valence-electron chi connectivity index (χ4n) is 4.06. The van der Waals surface area contributed by atoms with Crippen LogP contribution >= 0.6 is 0 Å². The van der Waals surface area contributed by atoms with E-state index in [1.807, 2.05) is 26.8 Å². The lowest BCUT2D eigenvalue weighted by Crippen LogP contribution is -2.42. The first-order valence-electron chi connectivity index (χ1n) is 9.07. The average molecular weight is 341 g/mol. The second kappa shape index (κ2) is 6.90. The van der Waals surface area contributed by atoms with Crippen molar-refractivity contribution in [1.82, 2.24) is 15.5 Å². The largest absolute Gasteiger partial charge is 0.356 e. The van der Waals surface area contributed by atoms with Gasteiger partial charge >= 0.3 is 0 Å². The first-order chi connectivity index (χ1) is 12.2. The second-order valence-corrected chi connectivity index (χ2v) is 6.39. The summed E-state index contributed by atoms with van der Waals surface area (Å²) in [5, 5.41) is 11.5. The van der Waals surface area contributed by atoms with E-state index in [-0.39, 0.29) is 11.7 Å². The monoisotopic (exact) mass is 341 g/mol. The van der Waals surface area contributed by atoms with Gasteiger partial charge in [0.2, 0.25) is 5.91 Å². The van der Waals surface area contributed by atoms with Gasteiger partial charge in [-0.3, -0.25) is 4.79 Å². The van der Waals surface area contributed by atoms with E-state index in [9.17, 15) is 9.18 Å². The van der Waals surface area contributed by atoms with Gasteiger partial charge in [0.1, 0.15) is 5.82 Å². The summed E-state index contributed by atoms with van der Waals surface area (Å²) in [6, 6.07) is 8.50. The molecular formula is C20H24FN3O. The van der Waals surface area contributed by atoms with Gasteiger partial charge in [-0.1, -0.05) is 26.0 Å². The minimum atomic E-state index is -0.531. The van der Waals surface area contributed by atoms with Crippen molar-refractivity contribution >= 4 is 5.91 Å². The SMILES string of the molecule is CC.CCNC(=O)[C@@]12CC[C@@H](C1)c1cc(-c3ccccc3F)nnc12. The molecule has 2 aromatic rings. The number of amides is 1. The first-order valence-corrected chi connectivity index (χ1v) is 9.07. The highest BCUT2D eigenvalue weighted by Gasteiger charge is 2.55. The number of aromatic nitrogens is 2. The van der Waals surface area contributed by atoms with E-state index < -0.39 is 5.41 Å². The van der Waals surface area contributed by atoms with Crippen molar-refractivity contribution in [3.05, 3.63) is 47.4 Å². The van der Waals surface area contributed by atoms with Crippen molar-refractivity contribution < 1.29 is 9.18 Å². The normalized spacial score (nSPS) is 22.8. The number of rotatable bonds is 3. The summed E-state index contributed by atoms with van der Waals surface area (Å²) in [6.45, 7) is 6.53. The molecule has 2 aliphatic rings. The predicted molar refractivity (Wildman–Crippen MR) is 95.7 cm³/mol. The summed E-state index contributed by atoms with van der Waals surface area (Å²) in [4.78, 5) is 12.6. The molecule has 1 saturated carbocycles. The van der Waals surface area contributed by atoms with Crippen molar-refractivity contribution in [3.8, 4) is 11.3 Å². The highest BCUT2D eigenvalue weighted by atomic mass is 19.1. The molecule has 4 rings (SSSR count). The number of fused-ring (bicyclic) bond motifs is 5. The topological polar surface area (TPSA) is 54.9 Å². The van der Waals surface area contributed by atoms with Crippen molar-refractivity contribution in [2.45, 2.75) is 51.4 Å². The van der Waals surface area contributed by atoms with Crippen LogP contribution in [0.1, 0.15) is 57.2 Å². The van der Waals surface area contributed by atoms with E-state index in [0.29, 0.717) is 23.7 Å². The molecule has 1 heterocycles. The van der Waals surface area contributed by atoms with Crippen molar-refractivity contribution in [2.24, 2.45) is 0 Å². The third kappa shape index (κ3) is 2.71. The summed E-state index contributed by atoms with van der Waals surface area (Å²) >= 11 is 0. The van der Waals surface area contributed by atoms with Crippen molar-refractivity contribution in [2.75, 3.05) is 6.54 Å². The Morgan fingerprint density at radius 3 is 2.80 bits per heavy atom. The number of likely N-dealkylation sites (N-methyl/N-ethyl adjacent to an activating group) is 1. The molecule has 132 valence electrons. The Kier molecular flexibility index (Phi) is 4.84. The lowest BCUT2D eigenvalue weighted by atomic mass is 9.82. The second-order valence-electron chi connectivity index (χ2n) is 6.39. The Hall–Kier alpha value is -2.30. The number of nitrogens with one attached hydrogen (secondary N) is 1. The number of nitrogens with zero attached hydrogens (tertiary/aromatic N) is 2. The molecule has 1 N–H and O–H groups in total. The third-order valence-electron chi connectivity index (χ3n) is 5.15. The van der Waals surface area contributed by atoms with Crippen LogP contribution in [0.25, 0.3) is 11.3 Å². The van der Waals surface area contributed by atoms with Crippen LogP contribution in [0.5, 0.6) is 0 Å². The Labute approximate surface area is 147 Å². The van der Waals surface area contributed by atoms with E-state index >= 15 is 0 Å². The molecule has 2 bridgehead atoms. The van der Waals surface area contributed by atoms with E-state index in [2.05, 4.69) is 15.5 Å². The van der Waals surface area contributed by atoms with Gasteiger partial charge in [0.15, 0.2) is 0 Å². The van der Waals surface area contributed by atoms with Crippen LogP contribution in [0.15, 0.2) is 30.3 Å². The third-order valence-corrected chi connectivity index (χ3v) is 5.15. The summed E-state index contributed by atoms with van der Waals surface area (Å²) in [6.07, 6.45) is 2.60. The van der Waals surface area contributed by atoms with Crippen LogP contribution in [-0.2, 0) is 10.2 Å². The molecule has 1 aromatic heterocycles. The maximum absolute atomic E-state index is 14.0. The molecular weight excluding hydrogens is 317 g/mol. The maximum Gasteiger partial charge on any atom is 0.232 e. The summed E-state index contributed by atoms with van der Waals surface area (Å²) in [5.41, 5.74) is 2.32. The van der Waals surface area contributed by atoms with Crippen LogP contribution in [-0.4, -0.2) is 22.6 Å². The van der Waals surface area contributed by atoms with Crippen LogP contribution in [0, 0.1) is 5.82 Å². The van der Waals surface area contributed by atoms with Crippen LogP contribution in [0.2, 0.25) is 0 Å². The highest BCUT2D eigenvalue weighted by molar-refractivity contribution is 5.90. The Bertz CT molecular complexity index is 792. The molecule has 25 heavy (non-hydrogen) atoms. The fraction of sp³-hybridized carbons (Fsp3) is 0.450. The molecule has 0 spiro atoms. The quantitative estimate of drug-likeness (QED) is 0.919. The van der Waals surface area contributed by atoms with Gasteiger partial charge in [0.05, 0.1) is 16.8 Å². The number of carbonyl (C=O) groups is 1. The maximum atomic E-state index is 14.0. The smallest absolute Gasteiger partial charge is 0.232 e. The average Bonchev–Trinajstić information content (AvgIpc) is 3.22. The summed E-state index contributed by atoms with van der Waals surface area (Å²) in [7, 11) is 0. The molecule has 1 amide bonds. The Morgan fingerprint density at radius 1 is 1.32 bits per heavy atom. The zero-order valence-electron chi connectivity index (χ0n) is 15.0. The lowest BCUT2D eigenvalue weighted by molar-refractivity contribution is -0.126. The van der Waals surface area contributed by atoms with Gasteiger partial charge in [-0.15, -0.1) is 0 Å². The standard InChI is InChI=1S/C18H18FN3O.C2H6/c1-2-20-17(23)18-8-7-11(10-18)13-9-15(21-22-16(13)18)12-5-3-4-6-14(12)19;1-2/h3-6,9,11H,2,7-8,10H2,1H3,(H,20,23);1-2H3/t11-,18-;/m0./s1. The van der Waals surface area contributed by atoms with Gasteiger partial charge < -0.3 is 5.32 Å². The Balaban J connectivity index is 0.000000880. The molecule has 0 aliphatic heterocycles. The molecule has 1 fully saturated rings. The lowest BCUT2D eigenvalue weighted by Gasteiger charge is -2.25. The number of carbonyl (C=O) groups excluding carboxylic acids is 1. The van der Waals surface area contributed by atoms with Gasteiger partial charge in [0, 0.05) is 12.1 Å². The van der Waals surface area contributed by atoms with Crippen LogP contribution in [0.3, 0.4) is 0 Å². The number of hydrogen-bond donors (Lipinski definition) is 1. The highest BCUT2D eigenvalue weighted by Crippen LogP contribution is 2.56. The molecule has 0 unspecified atom stereocenters. The molecule has 1 aromatic carbocycles. The molecule has 2 atom stereocenters. The number of benzene rings is 1. The molecule has 4 nitrogen and oxygen atoms in total. The fourth-order valence-corrected chi connectivity index (χ4v) is 4.06. The summed E-state index contributed by atoms with van der Waals surface area (Å²) in [5.74, 6) is 0.0752. The van der Waals surface area contributed by atoms with Gasteiger partial charge in [0.25, 0.3) is 0 Å². The number of halogens is 1. The zero-order chi connectivity index (χ0) is 18.0. The van der Waals surface area contributed by atoms with E-state index in [1.165, 1.54) is 6.07 Å². The first kappa shape index (κ1) is 17.5. The predicted octanol–water partition coefficient (Wildman–Crippen LogP) is 3.96. The van der Waals surface area contributed by atoms with Crippen molar-refractivity contribution in [1.29, 1.82) is 0 Å². The van der Waals surface area contributed by atoms with E-state index in [0.717, 1.165) is 30.5 Å². The van der Waals surface area contributed by atoms with Crippen molar-refractivity contribution in [3.63, 3.8) is 0 Å².